The fourth-order valence-electron chi connectivity index (χ4n) is 6.50. The van der Waals surface area contributed by atoms with Crippen LogP contribution in [0.15, 0.2) is 42.5 Å². The van der Waals surface area contributed by atoms with Crippen molar-refractivity contribution in [1.82, 2.24) is 4.90 Å². The van der Waals surface area contributed by atoms with Crippen LogP contribution in [0.3, 0.4) is 0 Å². The fourth-order valence-corrected chi connectivity index (χ4v) is 8.66. The normalized spacial score (nSPS) is 34.5. The Morgan fingerprint density at radius 3 is 2.68 bits per heavy atom. The number of anilines is 1. The lowest BCUT2D eigenvalue weighted by Crippen LogP contribution is -2.53. The summed E-state index contributed by atoms with van der Waals surface area (Å²) in [5.74, 6) is -2.14. The maximum Gasteiger partial charge on any atom is 0.311 e. The van der Waals surface area contributed by atoms with Crippen molar-refractivity contribution in [2.75, 3.05) is 31.2 Å². The van der Waals surface area contributed by atoms with E-state index in [4.69, 9.17) is 4.74 Å². The summed E-state index contributed by atoms with van der Waals surface area (Å²) in [5, 5.41) is 9.59. The molecule has 0 saturated carbocycles. The molecule has 5 atom stereocenters. The molecular formula is C29H36N2O5S. The monoisotopic (exact) mass is 524 g/mol. The Balaban J connectivity index is 1.65. The highest BCUT2D eigenvalue weighted by Gasteiger charge is 2.73. The smallest absolute Gasteiger partial charge is 0.311 e. The molecule has 1 unspecified atom stereocenters. The van der Waals surface area contributed by atoms with Crippen molar-refractivity contribution < 1.29 is 24.2 Å². The Morgan fingerprint density at radius 2 is 1.89 bits per heavy atom. The third-order valence-corrected chi connectivity index (χ3v) is 10.0. The summed E-state index contributed by atoms with van der Waals surface area (Å²) in [6.45, 7) is 6.88. The van der Waals surface area contributed by atoms with Crippen LogP contribution in [0.25, 0.3) is 0 Å². The number of fused-ring (bicyclic) bond motifs is 2. The van der Waals surface area contributed by atoms with Crippen LogP contribution in [-0.4, -0.2) is 69.6 Å². The van der Waals surface area contributed by atoms with Gasteiger partial charge in [-0.25, -0.2) is 0 Å². The number of aryl methyl sites for hydroxylation is 2. The molecule has 8 heteroatoms. The first-order valence-corrected chi connectivity index (χ1v) is 14.1. The number of cyclic esters (lactones) is 1. The van der Waals surface area contributed by atoms with E-state index in [9.17, 15) is 19.5 Å². The Labute approximate surface area is 222 Å². The second kappa shape index (κ2) is 9.95. The zero-order chi connectivity index (χ0) is 26.4. The first-order valence-electron chi connectivity index (χ1n) is 13.3. The zero-order valence-electron chi connectivity index (χ0n) is 21.8. The number of likely N-dealkylation sites (tertiary alicyclic amines) is 1. The second-order valence-electron chi connectivity index (χ2n) is 10.8. The van der Waals surface area contributed by atoms with Crippen molar-refractivity contribution in [3.8, 4) is 0 Å². The molecule has 37 heavy (non-hydrogen) atoms. The number of esters is 1. The minimum atomic E-state index is -0.910. The number of carbonyl (C=O) groups excluding carboxylic acids is 3. The third kappa shape index (κ3) is 4.22. The molecule has 1 N–H and O–H groups in total. The Kier molecular flexibility index (Phi) is 7.00. The molecule has 1 aromatic carbocycles. The van der Waals surface area contributed by atoms with E-state index in [-0.39, 0.29) is 30.9 Å². The van der Waals surface area contributed by atoms with E-state index >= 15 is 0 Å². The standard InChI is InChI=1S/C29H36N2O5S/c1-19-10-11-20(2)21(18-19)30-14-8-13-29-22(25(33)31(15-9-16-32)24(29)26(30)34)23-27(35)36-17-7-5-4-6-12-28(23,3)37-29/h6,8,10-13,18,22-24,32H,4-5,7,9,14-17H2,1-3H3/b12-6-/t22-,23+,24?,28-,29-/m0/s1. The van der Waals surface area contributed by atoms with Crippen molar-refractivity contribution in [2.24, 2.45) is 11.8 Å². The van der Waals surface area contributed by atoms with Crippen LogP contribution in [0.1, 0.15) is 43.7 Å². The first kappa shape index (κ1) is 26.0. The number of allylic oxidation sites excluding steroid dienone is 1. The molecule has 2 saturated heterocycles. The molecule has 0 bridgehead atoms. The highest BCUT2D eigenvalue weighted by Crippen LogP contribution is 2.65. The average Bonchev–Trinajstić information content (AvgIpc) is 3.19. The number of aliphatic hydroxyl groups excluding tert-OH is 1. The van der Waals surface area contributed by atoms with Crippen LogP contribution in [0, 0.1) is 25.7 Å². The molecule has 7 nitrogen and oxygen atoms in total. The van der Waals surface area contributed by atoms with Crippen LogP contribution >= 0.6 is 11.8 Å². The molecule has 0 aromatic heterocycles. The molecule has 4 aliphatic rings. The van der Waals surface area contributed by atoms with Crippen molar-refractivity contribution >= 4 is 35.2 Å². The molecule has 198 valence electrons. The number of rotatable bonds is 4. The number of carbonyl (C=O) groups is 3. The molecule has 2 fully saturated rings. The molecule has 4 heterocycles. The Morgan fingerprint density at radius 1 is 1.08 bits per heavy atom. The molecule has 0 aliphatic carbocycles. The molecule has 0 radical (unpaired) electrons. The van der Waals surface area contributed by atoms with Gasteiger partial charge in [0.05, 0.1) is 23.2 Å². The van der Waals surface area contributed by atoms with Crippen molar-refractivity contribution in [2.45, 2.75) is 62.0 Å². The Hall–Kier alpha value is -2.58. The second-order valence-corrected chi connectivity index (χ2v) is 12.6. The number of amides is 2. The van der Waals surface area contributed by atoms with Crippen LogP contribution in [0.5, 0.6) is 0 Å². The predicted molar refractivity (Wildman–Crippen MR) is 144 cm³/mol. The van der Waals surface area contributed by atoms with Crippen LogP contribution in [0.2, 0.25) is 0 Å². The topological polar surface area (TPSA) is 87.2 Å². The van der Waals surface area contributed by atoms with E-state index in [0.29, 0.717) is 19.6 Å². The lowest BCUT2D eigenvalue weighted by atomic mass is 9.74. The van der Waals surface area contributed by atoms with Gasteiger partial charge in [0.2, 0.25) is 5.91 Å². The lowest BCUT2D eigenvalue weighted by Gasteiger charge is -2.37. The van der Waals surface area contributed by atoms with E-state index in [2.05, 4.69) is 12.2 Å². The van der Waals surface area contributed by atoms with Gasteiger partial charge in [-0.05, 0) is 63.6 Å². The largest absolute Gasteiger partial charge is 0.465 e. The summed E-state index contributed by atoms with van der Waals surface area (Å²) in [4.78, 5) is 45.6. The van der Waals surface area contributed by atoms with E-state index in [0.717, 1.165) is 36.1 Å². The summed E-state index contributed by atoms with van der Waals surface area (Å²) < 4.78 is 4.11. The Bertz CT molecular complexity index is 1160. The number of ether oxygens (including phenoxy) is 1. The molecular weight excluding hydrogens is 488 g/mol. The predicted octanol–water partition coefficient (Wildman–Crippen LogP) is 3.56. The number of benzene rings is 1. The number of hydrogen-bond donors (Lipinski definition) is 1. The van der Waals surface area contributed by atoms with E-state index in [1.54, 1.807) is 21.6 Å². The van der Waals surface area contributed by atoms with E-state index in [1.165, 1.54) is 0 Å². The maximum absolute atomic E-state index is 14.5. The van der Waals surface area contributed by atoms with Crippen molar-refractivity contribution in [3.05, 3.63) is 53.6 Å². The van der Waals surface area contributed by atoms with Gasteiger partial charge in [-0.3, -0.25) is 14.4 Å². The zero-order valence-corrected chi connectivity index (χ0v) is 22.6. The van der Waals surface area contributed by atoms with Gasteiger partial charge in [0.1, 0.15) is 6.04 Å². The van der Waals surface area contributed by atoms with Gasteiger partial charge < -0.3 is 19.6 Å². The minimum Gasteiger partial charge on any atom is -0.465 e. The highest BCUT2D eigenvalue weighted by atomic mass is 32.2. The SMILES string of the molecule is Cc1ccc(C)c(N2CC=C[C@]34S[C@@]5(C)/C=C\CCCCOC(=O)[C@H]5[C@H]3C(=O)N(CCCO)C4C2=O)c1. The molecule has 1 spiro atoms. The molecule has 4 aliphatic heterocycles. The van der Waals surface area contributed by atoms with E-state index < -0.39 is 27.4 Å². The van der Waals surface area contributed by atoms with Gasteiger partial charge >= 0.3 is 5.97 Å². The van der Waals surface area contributed by atoms with Crippen LogP contribution in [0.4, 0.5) is 5.69 Å². The fraction of sp³-hybridized carbons (Fsp3) is 0.552. The summed E-state index contributed by atoms with van der Waals surface area (Å²) in [6.07, 6.45) is 11.1. The molecule has 1 aromatic rings. The van der Waals surface area contributed by atoms with Gasteiger partial charge in [-0.1, -0.05) is 36.4 Å². The number of nitrogens with zero attached hydrogens (tertiary/aromatic N) is 2. The average molecular weight is 525 g/mol. The minimum absolute atomic E-state index is 0.0854. The summed E-state index contributed by atoms with van der Waals surface area (Å²) in [5.41, 5.74) is 2.87. The van der Waals surface area contributed by atoms with Gasteiger partial charge in [-0.2, -0.15) is 0 Å². The van der Waals surface area contributed by atoms with Gasteiger partial charge in [0, 0.05) is 30.1 Å². The van der Waals surface area contributed by atoms with E-state index in [1.807, 2.05) is 51.1 Å². The lowest BCUT2D eigenvalue weighted by molar-refractivity contribution is -0.154. The number of aliphatic hydroxyl groups is 1. The number of thioether (sulfide) groups is 1. The highest BCUT2D eigenvalue weighted by molar-refractivity contribution is 8.02. The van der Waals surface area contributed by atoms with Crippen molar-refractivity contribution in [3.63, 3.8) is 0 Å². The molecule has 5 rings (SSSR count). The summed E-state index contributed by atoms with van der Waals surface area (Å²) >= 11 is 1.56. The quantitative estimate of drug-likeness (QED) is 0.479. The third-order valence-electron chi connectivity index (χ3n) is 8.21. The maximum atomic E-state index is 14.5. The molecule has 2 amide bonds. The number of hydrogen-bond acceptors (Lipinski definition) is 6. The van der Waals surface area contributed by atoms with Crippen LogP contribution < -0.4 is 4.90 Å². The van der Waals surface area contributed by atoms with Gasteiger partial charge in [0.25, 0.3) is 5.91 Å². The summed E-state index contributed by atoms with van der Waals surface area (Å²) in [7, 11) is 0. The van der Waals surface area contributed by atoms with Crippen LogP contribution in [-0.2, 0) is 19.1 Å². The summed E-state index contributed by atoms with van der Waals surface area (Å²) in [6, 6.07) is 5.26. The first-order chi connectivity index (χ1) is 17.7. The van der Waals surface area contributed by atoms with Crippen molar-refractivity contribution in [1.29, 1.82) is 0 Å². The van der Waals surface area contributed by atoms with Gasteiger partial charge in [-0.15, -0.1) is 11.8 Å². The van der Waals surface area contributed by atoms with Gasteiger partial charge in [0.15, 0.2) is 0 Å².